The van der Waals surface area contributed by atoms with E-state index < -0.39 is 9.84 Å². The lowest BCUT2D eigenvalue weighted by Gasteiger charge is -2.27. The minimum atomic E-state index is -2.86. The van der Waals surface area contributed by atoms with Gasteiger partial charge in [0.05, 0.1) is 17.0 Å². The number of fused-ring (bicyclic) bond motifs is 1. The Bertz CT molecular complexity index is 714. The van der Waals surface area contributed by atoms with Crippen LogP contribution < -0.4 is 10.6 Å². The quantitative estimate of drug-likeness (QED) is 0.789. The molecule has 2 N–H and O–H groups in total. The van der Waals surface area contributed by atoms with Crippen molar-refractivity contribution in [1.82, 2.24) is 4.98 Å². The summed E-state index contributed by atoms with van der Waals surface area (Å²) in [6.07, 6.45) is 0. The van der Waals surface area contributed by atoms with Crippen molar-refractivity contribution in [3.05, 3.63) is 30.3 Å². The smallest absolute Gasteiger partial charge is 0.153 e. The standard InChI is InChI=1S/C13H15N3O2S/c14-11-2-3-12-10(9-11)1-4-13(15-12)16-5-7-19(17,18)8-6-16/h1-4,9H,5-8,14H2. The fourth-order valence-electron chi connectivity index (χ4n) is 2.25. The van der Waals surface area contributed by atoms with Crippen LogP contribution in [0.25, 0.3) is 10.9 Å². The van der Waals surface area contributed by atoms with Crippen LogP contribution >= 0.6 is 0 Å². The molecule has 19 heavy (non-hydrogen) atoms. The monoisotopic (exact) mass is 277 g/mol. The molecule has 0 radical (unpaired) electrons. The number of sulfone groups is 1. The number of benzene rings is 1. The number of pyridine rings is 1. The Morgan fingerprint density at radius 1 is 1.11 bits per heavy atom. The van der Waals surface area contributed by atoms with Crippen LogP contribution in [0.3, 0.4) is 0 Å². The van der Waals surface area contributed by atoms with Gasteiger partial charge < -0.3 is 10.6 Å². The van der Waals surface area contributed by atoms with E-state index in [0.29, 0.717) is 18.8 Å². The van der Waals surface area contributed by atoms with Crippen LogP contribution in [-0.4, -0.2) is 38.0 Å². The molecule has 6 heteroatoms. The van der Waals surface area contributed by atoms with Gasteiger partial charge in [0.15, 0.2) is 9.84 Å². The zero-order valence-electron chi connectivity index (χ0n) is 10.4. The third-order valence-electron chi connectivity index (χ3n) is 3.37. The van der Waals surface area contributed by atoms with E-state index in [4.69, 9.17) is 5.73 Å². The highest BCUT2D eigenvalue weighted by Crippen LogP contribution is 2.21. The Labute approximate surface area is 112 Å². The largest absolute Gasteiger partial charge is 0.399 e. The number of hydrogen-bond donors (Lipinski definition) is 1. The summed E-state index contributed by atoms with van der Waals surface area (Å²) in [5, 5.41) is 0.994. The number of nitrogen functional groups attached to an aromatic ring is 1. The van der Waals surface area contributed by atoms with Crippen molar-refractivity contribution in [2.24, 2.45) is 0 Å². The lowest BCUT2D eigenvalue weighted by atomic mass is 10.2. The first-order chi connectivity index (χ1) is 9.03. The lowest BCUT2D eigenvalue weighted by Crippen LogP contribution is -2.40. The Hall–Kier alpha value is -1.82. The third-order valence-corrected chi connectivity index (χ3v) is 4.98. The van der Waals surface area contributed by atoms with Crippen molar-refractivity contribution in [3.63, 3.8) is 0 Å². The molecule has 0 bridgehead atoms. The summed E-state index contributed by atoms with van der Waals surface area (Å²) < 4.78 is 22.8. The molecule has 0 spiro atoms. The minimum absolute atomic E-state index is 0.203. The van der Waals surface area contributed by atoms with Crippen molar-refractivity contribution in [1.29, 1.82) is 0 Å². The molecule has 0 atom stereocenters. The Morgan fingerprint density at radius 3 is 2.58 bits per heavy atom. The maximum Gasteiger partial charge on any atom is 0.153 e. The number of rotatable bonds is 1. The van der Waals surface area contributed by atoms with E-state index in [1.807, 2.05) is 35.2 Å². The topological polar surface area (TPSA) is 76.3 Å². The van der Waals surface area contributed by atoms with Crippen molar-refractivity contribution >= 4 is 32.2 Å². The van der Waals surface area contributed by atoms with Gasteiger partial charge in [-0.25, -0.2) is 13.4 Å². The highest BCUT2D eigenvalue weighted by Gasteiger charge is 2.22. The molecular weight excluding hydrogens is 262 g/mol. The van der Waals surface area contributed by atoms with Crippen LogP contribution in [0.15, 0.2) is 30.3 Å². The van der Waals surface area contributed by atoms with Crippen LogP contribution in [-0.2, 0) is 9.84 Å². The fraction of sp³-hybridized carbons (Fsp3) is 0.308. The minimum Gasteiger partial charge on any atom is -0.399 e. The summed E-state index contributed by atoms with van der Waals surface area (Å²) in [5.41, 5.74) is 7.32. The van der Waals surface area contributed by atoms with E-state index in [1.165, 1.54) is 0 Å². The van der Waals surface area contributed by atoms with Crippen molar-refractivity contribution in [2.45, 2.75) is 0 Å². The molecule has 1 aliphatic heterocycles. The molecule has 1 aromatic carbocycles. The second kappa shape index (κ2) is 4.38. The maximum atomic E-state index is 11.4. The molecule has 3 rings (SSSR count). The van der Waals surface area contributed by atoms with Gasteiger partial charge in [-0.2, -0.15) is 0 Å². The first-order valence-corrected chi connectivity index (χ1v) is 7.97. The first kappa shape index (κ1) is 12.2. The lowest BCUT2D eigenvalue weighted by molar-refractivity contribution is 0.586. The Balaban J connectivity index is 1.92. The van der Waals surface area contributed by atoms with Gasteiger partial charge in [0.1, 0.15) is 5.82 Å². The van der Waals surface area contributed by atoms with Crippen LogP contribution in [0.5, 0.6) is 0 Å². The summed E-state index contributed by atoms with van der Waals surface area (Å²) >= 11 is 0. The van der Waals surface area contributed by atoms with E-state index in [1.54, 1.807) is 0 Å². The predicted molar refractivity (Wildman–Crippen MR) is 77.0 cm³/mol. The van der Waals surface area contributed by atoms with Gasteiger partial charge in [-0.05, 0) is 30.3 Å². The molecule has 1 fully saturated rings. The van der Waals surface area contributed by atoms with Crippen molar-refractivity contribution < 1.29 is 8.42 Å². The number of nitrogens with two attached hydrogens (primary N) is 1. The first-order valence-electron chi connectivity index (χ1n) is 6.15. The van der Waals surface area contributed by atoms with Crippen LogP contribution in [0.2, 0.25) is 0 Å². The van der Waals surface area contributed by atoms with E-state index in [2.05, 4.69) is 4.98 Å². The van der Waals surface area contributed by atoms with Crippen LogP contribution in [0.1, 0.15) is 0 Å². The van der Waals surface area contributed by atoms with Crippen molar-refractivity contribution in [2.75, 3.05) is 35.2 Å². The predicted octanol–water partition coefficient (Wildman–Crippen LogP) is 1.05. The molecule has 0 amide bonds. The molecule has 0 saturated carbocycles. The van der Waals surface area contributed by atoms with Gasteiger partial charge in [-0.3, -0.25) is 0 Å². The Kier molecular flexibility index (Phi) is 2.82. The molecule has 1 aliphatic rings. The molecule has 1 saturated heterocycles. The van der Waals surface area contributed by atoms with Gasteiger partial charge >= 0.3 is 0 Å². The molecule has 0 aliphatic carbocycles. The summed E-state index contributed by atoms with van der Waals surface area (Å²) in [4.78, 5) is 6.57. The summed E-state index contributed by atoms with van der Waals surface area (Å²) in [6.45, 7) is 1.02. The molecule has 100 valence electrons. The molecule has 1 aromatic heterocycles. The molecular formula is C13H15N3O2S. The molecule has 2 aromatic rings. The van der Waals surface area contributed by atoms with Gasteiger partial charge in [-0.15, -0.1) is 0 Å². The highest BCUT2D eigenvalue weighted by atomic mass is 32.2. The van der Waals surface area contributed by atoms with Gasteiger partial charge in [-0.1, -0.05) is 0 Å². The van der Waals surface area contributed by atoms with Crippen LogP contribution in [0, 0.1) is 0 Å². The SMILES string of the molecule is Nc1ccc2nc(N3CCS(=O)(=O)CC3)ccc2c1. The second-order valence-corrected chi connectivity index (χ2v) is 7.06. The second-order valence-electron chi connectivity index (χ2n) is 4.76. The number of aromatic nitrogens is 1. The number of hydrogen-bond acceptors (Lipinski definition) is 5. The number of nitrogens with zero attached hydrogens (tertiary/aromatic N) is 2. The van der Waals surface area contributed by atoms with E-state index in [9.17, 15) is 8.42 Å². The third kappa shape index (κ3) is 2.49. The average molecular weight is 277 g/mol. The maximum absolute atomic E-state index is 11.4. The van der Waals surface area contributed by atoms with Gasteiger partial charge in [0.25, 0.3) is 0 Å². The van der Waals surface area contributed by atoms with Gasteiger partial charge in [0.2, 0.25) is 0 Å². The van der Waals surface area contributed by atoms with Gasteiger partial charge in [0, 0.05) is 24.2 Å². The summed E-state index contributed by atoms with van der Waals surface area (Å²) in [5.74, 6) is 1.23. The average Bonchev–Trinajstić information content (AvgIpc) is 2.38. The zero-order valence-corrected chi connectivity index (χ0v) is 11.2. The zero-order chi connectivity index (χ0) is 13.5. The highest BCUT2D eigenvalue weighted by molar-refractivity contribution is 7.91. The Morgan fingerprint density at radius 2 is 1.84 bits per heavy atom. The normalized spacial score (nSPS) is 18.6. The van der Waals surface area contributed by atoms with Crippen LogP contribution in [0.4, 0.5) is 11.5 Å². The molecule has 0 unspecified atom stereocenters. The molecule has 2 heterocycles. The fourth-order valence-corrected chi connectivity index (χ4v) is 3.45. The van der Waals surface area contributed by atoms with E-state index >= 15 is 0 Å². The molecule has 5 nitrogen and oxygen atoms in total. The van der Waals surface area contributed by atoms with E-state index in [-0.39, 0.29) is 11.5 Å². The summed E-state index contributed by atoms with van der Waals surface area (Å²) in [6, 6.07) is 9.47. The van der Waals surface area contributed by atoms with E-state index in [0.717, 1.165) is 16.7 Å². The summed E-state index contributed by atoms with van der Waals surface area (Å²) in [7, 11) is -2.86. The van der Waals surface area contributed by atoms with Crippen molar-refractivity contribution in [3.8, 4) is 0 Å². The number of anilines is 2.